The molecular weight excluding hydrogens is 412 g/mol. The van der Waals surface area contributed by atoms with Crippen molar-refractivity contribution in [3.63, 3.8) is 0 Å². The molecule has 0 aliphatic rings. The van der Waals surface area contributed by atoms with Crippen LogP contribution in [0.4, 0.5) is 5.69 Å². The number of amides is 1. The molecule has 0 unspecified atom stereocenters. The molecule has 0 radical (unpaired) electrons. The Morgan fingerprint density at radius 2 is 1.93 bits per heavy atom. The first kappa shape index (κ1) is 21.0. The first-order valence-electron chi connectivity index (χ1n) is 8.98. The average Bonchev–Trinajstić information content (AvgIpc) is 3.36. The Hall–Kier alpha value is -2.72. The summed E-state index contributed by atoms with van der Waals surface area (Å²) in [6.07, 6.45) is 1.77. The van der Waals surface area contributed by atoms with Gasteiger partial charge in [0.15, 0.2) is 0 Å². The second kappa shape index (κ2) is 9.19. The number of benzene rings is 1. The van der Waals surface area contributed by atoms with Crippen LogP contribution in [0.1, 0.15) is 18.7 Å². The number of para-hydroxylation sites is 1. The maximum atomic E-state index is 12.4. The average molecular weight is 435 g/mol. The quantitative estimate of drug-likeness (QED) is 0.514. The van der Waals surface area contributed by atoms with Gasteiger partial charge in [-0.3, -0.25) is 9.10 Å². The number of hydrogen-bond acceptors (Lipinski definition) is 7. The lowest BCUT2D eigenvalue weighted by Gasteiger charge is -2.22. The summed E-state index contributed by atoms with van der Waals surface area (Å²) in [5.74, 6) is 0.733. The lowest BCUT2D eigenvalue weighted by Crippen LogP contribution is -2.32. The van der Waals surface area contributed by atoms with E-state index in [1.165, 1.54) is 20.5 Å². The Morgan fingerprint density at radius 1 is 1.17 bits per heavy atom. The third kappa shape index (κ3) is 5.64. The summed E-state index contributed by atoms with van der Waals surface area (Å²) in [4.78, 5) is 19.1. The Labute approximate surface area is 173 Å². The molecule has 0 fully saturated rings. The highest BCUT2D eigenvalue weighted by Crippen LogP contribution is 2.22. The summed E-state index contributed by atoms with van der Waals surface area (Å²) in [6.45, 7) is 0.428. The van der Waals surface area contributed by atoms with Crippen molar-refractivity contribution in [2.75, 3.05) is 24.2 Å². The van der Waals surface area contributed by atoms with Gasteiger partial charge in [0.05, 0.1) is 23.4 Å². The number of nitrogens with zero attached hydrogens (tertiary/aromatic N) is 4. The first-order valence-corrected chi connectivity index (χ1v) is 11.7. The lowest BCUT2D eigenvalue weighted by molar-refractivity contribution is -0.130. The maximum Gasteiger partial charge on any atom is 0.246 e. The maximum absolute atomic E-state index is 12.4. The van der Waals surface area contributed by atoms with E-state index in [0.717, 1.165) is 11.1 Å². The second-order valence-electron chi connectivity index (χ2n) is 6.51. The topological polar surface area (TPSA) is 96.6 Å². The van der Waals surface area contributed by atoms with E-state index in [4.69, 9.17) is 4.52 Å². The van der Waals surface area contributed by atoms with E-state index in [-0.39, 0.29) is 25.4 Å². The van der Waals surface area contributed by atoms with Gasteiger partial charge in [-0.1, -0.05) is 29.4 Å². The minimum Gasteiger partial charge on any atom is -0.337 e. The highest BCUT2D eigenvalue weighted by molar-refractivity contribution is 7.92. The van der Waals surface area contributed by atoms with Crippen molar-refractivity contribution in [2.24, 2.45) is 0 Å². The largest absolute Gasteiger partial charge is 0.337 e. The van der Waals surface area contributed by atoms with Crippen molar-refractivity contribution in [1.29, 1.82) is 0 Å². The van der Waals surface area contributed by atoms with Gasteiger partial charge in [0.1, 0.15) is 0 Å². The molecular formula is C19H22N4O4S2. The summed E-state index contributed by atoms with van der Waals surface area (Å²) < 4.78 is 30.7. The molecule has 0 aliphatic carbocycles. The molecule has 0 N–H and O–H groups in total. The summed E-state index contributed by atoms with van der Waals surface area (Å²) in [5.41, 5.74) is 0.586. The van der Waals surface area contributed by atoms with E-state index in [0.29, 0.717) is 23.8 Å². The molecule has 1 aromatic carbocycles. The number of carbonyl (C=O) groups is 1. The van der Waals surface area contributed by atoms with Gasteiger partial charge in [-0.2, -0.15) is 4.98 Å². The summed E-state index contributed by atoms with van der Waals surface area (Å²) in [5, 5.41) is 5.86. The standard InChI is InChI=1S/C19H22N4O4S2/c1-22(14-17-20-19(21-27-17)16-10-7-13-28-16)18(24)11-6-12-23(29(2,25)26)15-8-4-3-5-9-15/h3-5,7-10,13H,6,11-12,14H2,1-2H3. The van der Waals surface area contributed by atoms with Gasteiger partial charge in [-0.15, -0.1) is 11.3 Å². The summed E-state index contributed by atoms with van der Waals surface area (Å²) >= 11 is 1.51. The van der Waals surface area contributed by atoms with Crippen molar-refractivity contribution in [3.05, 3.63) is 53.7 Å². The van der Waals surface area contributed by atoms with Crippen LogP contribution in [0, 0.1) is 0 Å². The van der Waals surface area contributed by atoms with Crippen LogP contribution >= 0.6 is 11.3 Å². The molecule has 0 bridgehead atoms. The van der Waals surface area contributed by atoms with Crippen LogP contribution in [-0.4, -0.2) is 49.2 Å². The van der Waals surface area contributed by atoms with Crippen LogP contribution in [0.5, 0.6) is 0 Å². The highest BCUT2D eigenvalue weighted by Gasteiger charge is 2.19. The van der Waals surface area contributed by atoms with Crippen molar-refractivity contribution in [3.8, 4) is 10.7 Å². The van der Waals surface area contributed by atoms with Crippen LogP contribution < -0.4 is 4.31 Å². The molecule has 0 spiro atoms. The minimum atomic E-state index is -3.43. The molecule has 154 valence electrons. The first-order chi connectivity index (χ1) is 13.8. The van der Waals surface area contributed by atoms with E-state index in [1.807, 2.05) is 23.6 Å². The molecule has 8 nitrogen and oxygen atoms in total. The summed E-state index contributed by atoms with van der Waals surface area (Å²) in [7, 11) is -1.77. The predicted molar refractivity (Wildman–Crippen MR) is 112 cm³/mol. The fourth-order valence-electron chi connectivity index (χ4n) is 2.76. The molecule has 2 aromatic heterocycles. The van der Waals surface area contributed by atoms with Crippen LogP contribution in [0.3, 0.4) is 0 Å². The number of anilines is 1. The molecule has 0 saturated carbocycles. The Kier molecular flexibility index (Phi) is 6.65. The summed E-state index contributed by atoms with van der Waals surface area (Å²) in [6, 6.07) is 12.6. The lowest BCUT2D eigenvalue weighted by atomic mass is 10.2. The van der Waals surface area contributed by atoms with Gasteiger partial charge in [0.25, 0.3) is 0 Å². The number of aromatic nitrogens is 2. The highest BCUT2D eigenvalue weighted by atomic mass is 32.2. The molecule has 29 heavy (non-hydrogen) atoms. The number of carbonyl (C=O) groups excluding carboxylic acids is 1. The number of sulfonamides is 1. The van der Waals surface area contributed by atoms with Crippen LogP contribution in [0.25, 0.3) is 10.7 Å². The van der Waals surface area contributed by atoms with Crippen LogP contribution in [0.2, 0.25) is 0 Å². The van der Waals surface area contributed by atoms with Gasteiger partial charge in [0.2, 0.25) is 27.6 Å². The van der Waals surface area contributed by atoms with E-state index in [9.17, 15) is 13.2 Å². The predicted octanol–water partition coefficient (Wildman–Crippen LogP) is 3.00. The molecule has 2 heterocycles. The molecule has 1 amide bonds. The zero-order valence-corrected chi connectivity index (χ0v) is 17.8. The zero-order valence-electron chi connectivity index (χ0n) is 16.2. The Morgan fingerprint density at radius 3 is 2.59 bits per heavy atom. The fraction of sp³-hybridized carbons (Fsp3) is 0.316. The van der Waals surface area contributed by atoms with Gasteiger partial charge >= 0.3 is 0 Å². The number of thiophene rings is 1. The van der Waals surface area contributed by atoms with Gasteiger partial charge in [-0.05, 0) is 30.0 Å². The normalized spacial score (nSPS) is 11.4. The van der Waals surface area contributed by atoms with Gasteiger partial charge in [-0.25, -0.2) is 8.42 Å². The number of rotatable bonds is 9. The Bertz CT molecular complexity index is 1030. The molecule has 3 aromatic rings. The van der Waals surface area contributed by atoms with Crippen LogP contribution in [0.15, 0.2) is 52.4 Å². The van der Waals surface area contributed by atoms with Crippen molar-refractivity contribution in [1.82, 2.24) is 15.0 Å². The fourth-order valence-corrected chi connectivity index (χ4v) is 4.38. The Balaban J connectivity index is 1.53. The third-order valence-electron chi connectivity index (χ3n) is 4.20. The van der Waals surface area contributed by atoms with Gasteiger partial charge in [0, 0.05) is 20.0 Å². The zero-order chi connectivity index (χ0) is 20.9. The number of hydrogen-bond donors (Lipinski definition) is 0. The third-order valence-corrected chi connectivity index (χ3v) is 6.26. The van der Waals surface area contributed by atoms with Crippen molar-refractivity contribution >= 4 is 33.0 Å². The molecule has 3 rings (SSSR count). The smallest absolute Gasteiger partial charge is 0.246 e. The molecule has 0 aliphatic heterocycles. The SMILES string of the molecule is CN(Cc1nc(-c2cccs2)no1)C(=O)CCCN(c1ccccc1)S(C)(=O)=O. The molecule has 10 heteroatoms. The van der Waals surface area contributed by atoms with E-state index < -0.39 is 10.0 Å². The van der Waals surface area contributed by atoms with E-state index in [2.05, 4.69) is 10.1 Å². The van der Waals surface area contributed by atoms with E-state index in [1.54, 1.807) is 31.3 Å². The van der Waals surface area contributed by atoms with Gasteiger partial charge < -0.3 is 9.42 Å². The van der Waals surface area contributed by atoms with Crippen LogP contribution in [-0.2, 0) is 21.4 Å². The second-order valence-corrected chi connectivity index (χ2v) is 9.37. The van der Waals surface area contributed by atoms with E-state index >= 15 is 0 Å². The monoisotopic (exact) mass is 434 g/mol. The van der Waals surface area contributed by atoms with Crippen molar-refractivity contribution in [2.45, 2.75) is 19.4 Å². The molecule has 0 saturated heterocycles. The van der Waals surface area contributed by atoms with Crippen molar-refractivity contribution < 1.29 is 17.7 Å². The molecule has 0 atom stereocenters. The minimum absolute atomic E-state index is 0.123.